The average molecular weight is 334 g/mol. The third kappa shape index (κ3) is 4.69. The molecule has 0 aliphatic carbocycles. The summed E-state index contributed by atoms with van der Waals surface area (Å²) in [4.78, 5) is 25.9. The van der Waals surface area contributed by atoms with Gasteiger partial charge < -0.3 is 14.7 Å². The molecule has 0 unspecified atom stereocenters. The van der Waals surface area contributed by atoms with Gasteiger partial charge in [-0.1, -0.05) is 22.8 Å². The first-order valence-corrected chi connectivity index (χ1v) is 7.26. The zero-order valence-corrected chi connectivity index (χ0v) is 13.3. The maximum atomic E-state index is 12.5. The molecule has 0 saturated heterocycles. The van der Waals surface area contributed by atoms with Crippen LogP contribution in [0.15, 0.2) is 47.5 Å². The second-order valence-electron chi connectivity index (χ2n) is 4.85. The van der Waals surface area contributed by atoms with Gasteiger partial charge in [0, 0.05) is 23.2 Å². The third-order valence-electron chi connectivity index (χ3n) is 2.96. The van der Waals surface area contributed by atoms with Crippen molar-refractivity contribution in [3.8, 4) is 0 Å². The zero-order chi connectivity index (χ0) is 16.8. The highest BCUT2D eigenvalue weighted by atomic mass is 35.5. The fourth-order valence-electron chi connectivity index (χ4n) is 1.93. The molecular formula is C16H16ClN3O3. The summed E-state index contributed by atoms with van der Waals surface area (Å²) >= 11 is 5.81. The van der Waals surface area contributed by atoms with Gasteiger partial charge in [0.2, 0.25) is 5.91 Å². The van der Waals surface area contributed by atoms with Crippen LogP contribution in [0.3, 0.4) is 0 Å². The summed E-state index contributed by atoms with van der Waals surface area (Å²) < 4.78 is 4.87. The number of hydrogen-bond donors (Lipinski definition) is 1. The van der Waals surface area contributed by atoms with Crippen molar-refractivity contribution in [3.63, 3.8) is 0 Å². The van der Waals surface area contributed by atoms with E-state index in [1.807, 2.05) is 0 Å². The van der Waals surface area contributed by atoms with Crippen LogP contribution >= 0.6 is 11.6 Å². The summed E-state index contributed by atoms with van der Waals surface area (Å²) in [6.07, 6.45) is 1.56. The minimum absolute atomic E-state index is 0.126. The third-order valence-corrected chi connectivity index (χ3v) is 3.21. The first-order chi connectivity index (χ1) is 11.0. The van der Waals surface area contributed by atoms with Crippen LogP contribution in [-0.2, 0) is 4.79 Å². The Kier molecular flexibility index (Phi) is 5.54. The number of benzene rings is 1. The highest BCUT2D eigenvalue weighted by molar-refractivity contribution is 6.30. The second-order valence-corrected chi connectivity index (χ2v) is 5.29. The molecule has 1 N–H and O–H groups in total. The van der Waals surface area contributed by atoms with Crippen LogP contribution in [0.4, 0.5) is 5.82 Å². The van der Waals surface area contributed by atoms with E-state index in [9.17, 15) is 9.59 Å². The highest BCUT2D eigenvalue weighted by Gasteiger charge is 2.18. The maximum absolute atomic E-state index is 12.5. The van der Waals surface area contributed by atoms with Gasteiger partial charge in [0.05, 0.1) is 0 Å². The van der Waals surface area contributed by atoms with E-state index in [1.165, 1.54) is 4.90 Å². The molecule has 1 aromatic heterocycles. The molecule has 23 heavy (non-hydrogen) atoms. The van der Waals surface area contributed by atoms with Gasteiger partial charge >= 0.3 is 0 Å². The van der Waals surface area contributed by atoms with Gasteiger partial charge in [-0.05, 0) is 31.2 Å². The molecule has 120 valence electrons. The quantitative estimate of drug-likeness (QED) is 0.825. The number of rotatable bonds is 6. The van der Waals surface area contributed by atoms with Gasteiger partial charge in [0.15, 0.2) is 5.82 Å². The van der Waals surface area contributed by atoms with Crippen molar-refractivity contribution in [2.75, 3.05) is 18.4 Å². The van der Waals surface area contributed by atoms with E-state index in [0.717, 1.165) is 0 Å². The number of halogens is 1. The molecule has 0 saturated carbocycles. The van der Waals surface area contributed by atoms with Crippen molar-refractivity contribution in [1.29, 1.82) is 0 Å². The molecule has 1 aromatic carbocycles. The van der Waals surface area contributed by atoms with Gasteiger partial charge in [-0.25, -0.2) is 0 Å². The molecule has 0 bridgehead atoms. The number of nitrogens with one attached hydrogen (secondary N) is 1. The first-order valence-electron chi connectivity index (χ1n) is 6.88. The molecule has 2 aromatic rings. The molecule has 1 heterocycles. The fraction of sp³-hybridized carbons (Fsp3) is 0.188. The van der Waals surface area contributed by atoms with E-state index in [0.29, 0.717) is 22.2 Å². The predicted octanol–water partition coefficient (Wildman–Crippen LogP) is 2.90. The van der Waals surface area contributed by atoms with Gasteiger partial charge in [-0.2, -0.15) is 0 Å². The number of carbonyl (C=O) groups excluding carboxylic acids is 2. The molecular weight excluding hydrogens is 318 g/mol. The summed E-state index contributed by atoms with van der Waals surface area (Å²) in [5, 5.41) is 6.79. The van der Waals surface area contributed by atoms with Gasteiger partial charge in [0.25, 0.3) is 5.91 Å². The molecule has 0 aliphatic rings. The standard InChI is InChI=1S/C16H16ClN3O3/c1-3-8-20(16(22)12-4-6-13(17)7-5-12)10-15(21)18-14-9-11(2)23-19-14/h3-7,9H,1,8,10H2,2H3,(H,18,19,21). The number of aromatic nitrogens is 1. The van der Waals surface area contributed by atoms with E-state index in [1.54, 1.807) is 43.3 Å². The molecule has 2 amide bonds. The van der Waals surface area contributed by atoms with Crippen molar-refractivity contribution in [3.05, 3.63) is 59.3 Å². The highest BCUT2D eigenvalue weighted by Crippen LogP contribution is 2.12. The Morgan fingerprint density at radius 2 is 2.09 bits per heavy atom. The van der Waals surface area contributed by atoms with Crippen molar-refractivity contribution in [2.24, 2.45) is 0 Å². The van der Waals surface area contributed by atoms with Crippen LogP contribution in [0.25, 0.3) is 0 Å². The van der Waals surface area contributed by atoms with Gasteiger partial charge in [0.1, 0.15) is 12.3 Å². The lowest BCUT2D eigenvalue weighted by Gasteiger charge is -2.20. The van der Waals surface area contributed by atoms with Crippen LogP contribution in [0, 0.1) is 6.92 Å². The van der Waals surface area contributed by atoms with Crippen LogP contribution in [0.1, 0.15) is 16.1 Å². The summed E-state index contributed by atoms with van der Waals surface area (Å²) in [5.41, 5.74) is 0.446. The Labute approximate surface area is 138 Å². The van der Waals surface area contributed by atoms with Crippen molar-refractivity contribution < 1.29 is 14.1 Å². The van der Waals surface area contributed by atoms with E-state index in [4.69, 9.17) is 16.1 Å². The zero-order valence-electron chi connectivity index (χ0n) is 12.6. The van der Waals surface area contributed by atoms with E-state index < -0.39 is 0 Å². The minimum atomic E-state index is -0.373. The number of aryl methyl sites for hydroxylation is 1. The Balaban J connectivity index is 2.05. The number of anilines is 1. The van der Waals surface area contributed by atoms with Gasteiger partial charge in [-0.3, -0.25) is 9.59 Å². The van der Waals surface area contributed by atoms with E-state index >= 15 is 0 Å². The molecule has 0 atom stereocenters. The molecule has 2 rings (SSSR count). The minimum Gasteiger partial charge on any atom is -0.360 e. The summed E-state index contributed by atoms with van der Waals surface area (Å²) in [7, 11) is 0. The Morgan fingerprint density at radius 1 is 1.39 bits per heavy atom. The molecule has 0 spiro atoms. The molecule has 6 nitrogen and oxygen atoms in total. The van der Waals surface area contributed by atoms with Crippen molar-refractivity contribution >= 4 is 29.2 Å². The van der Waals surface area contributed by atoms with Gasteiger partial charge in [-0.15, -0.1) is 6.58 Å². The van der Waals surface area contributed by atoms with E-state index in [-0.39, 0.29) is 24.9 Å². The fourth-order valence-corrected chi connectivity index (χ4v) is 2.06. The number of carbonyl (C=O) groups is 2. The number of nitrogens with zero attached hydrogens (tertiary/aromatic N) is 2. The Morgan fingerprint density at radius 3 is 2.65 bits per heavy atom. The molecule has 0 fully saturated rings. The normalized spacial score (nSPS) is 10.2. The Hall–Kier alpha value is -2.60. The molecule has 0 radical (unpaired) electrons. The van der Waals surface area contributed by atoms with Crippen LogP contribution < -0.4 is 5.32 Å². The molecule has 0 aliphatic heterocycles. The van der Waals surface area contributed by atoms with Crippen LogP contribution in [-0.4, -0.2) is 35.0 Å². The lowest BCUT2D eigenvalue weighted by atomic mass is 10.2. The average Bonchev–Trinajstić information content (AvgIpc) is 2.92. The monoisotopic (exact) mass is 333 g/mol. The maximum Gasteiger partial charge on any atom is 0.254 e. The lowest BCUT2D eigenvalue weighted by Crippen LogP contribution is -2.38. The largest absolute Gasteiger partial charge is 0.360 e. The second kappa shape index (κ2) is 7.60. The smallest absolute Gasteiger partial charge is 0.254 e. The predicted molar refractivity (Wildman–Crippen MR) is 87.4 cm³/mol. The molecule has 7 heteroatoms. The van der Waals surface area contributed by atoms with Crippen LogP contribution in [0.2, 0.25) is 5.02 Å². The van der Waals surface area contributed by atoms with Crippen LogP contribution in [0.5, 0.6) is 0 Å². The summed E-state index contributed by atoms with van der Waals surface area (Å²) in [6.45, 7) is 5.45. The lowest BCUT2D eigenvalue weighted by molar-refractivity contribution is -0.116. The van der Waals surface area contributed by atoms with Crippen molar-refractivity contribution in [2.45, 2.75) is 6.92 Å². The SMILES string of the molecule is C=CCN(CC(=O)Nc1cc(C)on1)C(=O)c1ccc(Cl)cc1. The topological polar surface area (TPSA) is 75.4 Å². The first kappa shape index (κ1) is 16.8. The number of hydrogen-bond acceptors (Lipinski definition) is 4. The Bertz CT molecular complexity index is 710. The number of amides is 2. The summed E-state index contributed by atoms with van der Waals surface area (Å²) in [6, 6.07) is 8.06. The summed E-state index contributed by atoms with van der Waals surface area (Å²) in [5.74, 6) is 0.237. The van der Waals surface area contributed by atoms with Crippen molar-refractivity contribution in [1.82, 2.24) is 10.1 Å². The van der Waals surface area contributed by atoms with E-state index in [2.05, 4.69) is 17.1 Å².